The smallest absolute Gasteiger partial charge is 0.332 e. The van der Waals surface area contributed by atoms with Crippen LogP contribution in [0.15, 0.2) is 16.0 Å². The summed E-state index contributed by atoms with van der Waals surface area (Å²) >= 11 is 0.966. The molecule has 0 bridgehead atoms. The van der Waals surface area contributed by atoms with Crippen LogP contribution in [0.1, 0.15) is 6.92 Å². The minimum Gasteiger partial charge on any atom is -0.463 e. The number of amides is 1. The van der Waals surface area contributed by atoms with Crippen LogP contribution in [0.4, 0.5) is 0 Å². The fraction of sp³-hybridized carbons (Fsp3) is 0.286. The Bertz CT molecular complexity index is 309. The van der Waals surface area contributed by atoms with E-state index in [2.05, 4.69) is 9.73 Å². The lowest BCUT2D eigenvalue weighted by atomic mass is 10.5. The Labute approximate surface area is 79.0 Å². The van der Waals surface area contributed by atoms with Gasteiger partial charge in [-0.3, -0.25) is 4.79 Å². The molecule has 13 heavy (non-hydrogen) atoms. The molecule has 0 spiro atoms. The Kier molecular flexibility index (Phi) is 3.07. The molecule has 5 nitrogen and oxygen atoms in total. The molecule has 0 aliphatic carbocycles. The molecule has 1 heterocycles. The highest BCUT2D eigenvalue weighted by Crippen LogP contribution is 2.23. The van der Waals surface area contributed by atoms with Crippen LogP contribution in [0.25, 0.3) is 0 Å². The van der Waals surface area contributed by atoms with Gasteiger partial charge in [0, 0.05) is 6.08 Å². The molecule has 0 aromatic carbocycles. The number of rotatable bonds is 2. The number of amidine groups is 1. The van der Waals surface area contributed by atoms with Crippen molar-refractivity contribution in [1.29, 1.82) is 0 Å². The molecule has 1 aliphatic rings. The first-order chi connectivity index (χ1) is 6.13. The lowest BCUT2D eigenvalue weighted by Gasteiger charge is -1.95. The molecule has 0 fully saturated rings. The number of carbonyl (C=O) groups is 2. The first-order valence-corrected chi connectivity index (χ1v) is 4.40. The molecule has 1 aliphatic heterocycles. The highest BCUT2D eigenvalue weighted by molar-refractivity contribution is 8.18. The summed E-state index contributed by atoms with van der Waals surface area (Å²) in [6, 6.07) is 0. The first-order valence-electron chi connectivity index (χ1n) is 3.58. The normalized spacial score (nSPS) is 19.0. The van der Waals surface area contributed by atoms with Crippen molar-refractivity contribution in [3.63, 3.8) is 0 Å². The molecule has 0 saturated carbocycles. The van der Waals surface area contributed by atoms with Gasteiger partial charge >= 0.3 is 5.97 Å². The number of hydrogen-bond acceptors (Lipinski definition) is 5. The maximum absolute atomic E-state index is 11.0. The predicted molar refractivity (Wildman–Crippen MR) is 48.9 cm³/mol. The Balaban J connectivity index is 2.65. The summed E-state index contributed by atoms with van der Waals surface area (Å²) in [6.45, 7) is 1.96. The van der Waals surface area contributed by atoms with Gasteiger partial charge in [0.25, 0.3) is 5.91 Å². The Morgan fingerprint density at radius 1 is 1.77 bits per heavy atom. The van der Waals surface area contributed by atoms with Crippen LogP contribution in [0.5, 0.6) is 0 Å². The third-order valence-electron chi connectivity index (χ3n) is 1.17. The van der Waals surface area contributed by atoms with Crippen molar-refractivity contribution in [1.82, 2.24) is 0 Å². The molecule has 0 aromatic rings. The van der Waals surface area contributed by atoms with Gasteiger partial charge in [0.2, 0.25) is 0 Å². The summed E-state index contributed by atoms with van der Waals surface area (Å²) in [5, 5.41) is 0.153. The van der Waals surface area contributed by atoms with E-state index in [4.69, 9.17) is 5.73 Å². The number of hydrogen-bond donors (Lipinski definition) is 1. The van der Waals surface area contributed by atoms with E-state index < -0.39 is 11.9 Å². The molecule has 0 saturated heterocycles. The van der Waals surface area contributed by atoms with Crippen molar-refractivity contribution in [2.75, 3.05) is 6.61 Å². The molecule has 0 aromatic heterocycles. The number of nitrogens with zero attached hydrogens (tertiary/aromatic N) is 1. The van der Waals surface area contributed by atoms with Gasteiger partial charge in [-0.05, 0) is 18.7 Å². The van der Waals surface area contributed by atoms with E-state index in [1.807, 2.05) is 0 Å². The highest BCUT2D eigenvalue weighted by Gasteiger charge is 2.20. The monoisotopic (exact) mass is 200 g/mol. The molecular formula is C7H8N2O3S. The zero-order valence-corrected chi connectivity index (χ0v) is 7.76. The number of aliphatic imine (C=N–C) groups is 1. The average Bonchev–Trinajstić information content (AvgIpc) is 2.30. The van der Waals surface area contributed by atoms with Crippen LogP contribution < -0.4 is 5.73 Å². The molecule has 1 amide bonds. The fourth-order valence-corrected chi connectivity index (χ4v) is 1.36. The summed E-state index contributed by atoms with van der Waals surface area (Å²) in [5.74, 6) is -1.04. The van der Waals surface area contributed by atoms with Gasteiger partial charge in [-0.2, -0.15) is 4.99 Å². The third kappa shape index (κ3) is 2.59. The third-order valence-corrected chi connectivity index (χ3v) is 1.99. The van der Waals surface area contributed by atoms with Gasteiger partial charge in [-0.15, -0.1) is 0 Å². The van der Waals surface area contributed by atoms with Gasteiger partial charge < -0.3 is 10.5 Å². The van der Waals surface area contributed by atoms with E-state index in [1.165, 1.54) is 0 Å². The van der Waals surface area contributed by atoms with Crippen LogP contribution >= 0.6 is 11.8 Å². The minimum absolute atomic E-state index is 0.153. The molecule has 70 valence electrons. The van der Waals surface area contributed by atoms with Gasteiger partial charge in [-0.1, -0.05) is 0 Å². The second kappa shape index (κ2) is 4.08. The molecular weight excluding hydrogens is 192 g/mol. The van der Waals surface area contributed by atoms with Crippen molar-refractivity contribution in [3.05, 3.63) is 11.0 Å². The molecule has 2 N–H and O–H groups in total. The molecule has 0 unspecified atom stereocenters. The summed E-state index contributed by atoms with van der Waals surface area (Å²) in [7, 11) is 0. The van der Waals surface area contributed by atoms with E-state index >= 15 is 0 Å². The average molecular weight is 200 g/mol. The zero-order chi connectivity index (χ0) is 9.84. The van der Waals surface area contributed by atoms with E-state index in [1.54, 1.807) is 6.92 Å². The summed E-state index contributed by atoms with van der Waals surface area (Å²) in [6.07, 6.45) is 1.10. The maximum Gasteiger partial charge on any atom is 0.332 e. The van der Waals surface area contributed by atoms with Crippen molar-refractivity contribution in [2.24, 2.45) is 10.7 Å². The maximum atomic E-state index is 11.0. The van der Waals surface area contributed by atoms with Crippen LogP contribution in [0, 0.1) is 0 Å². The van der Waals surface area contributed by atoms with E-state index in [9.17, 15) is 9.59 Å². The zero-order valence-electron chi connectivity index (χ0n) is 6.94. The molecule has 1 rings (SSSR count). The fourth-order valence-electron chi connectivity index (χ4n) is 0.716. The predicted octanol–water partition coefficient (Wildman–Crippen LogP) is 0.0215. The number of nitrogens with two attached hydrogens (primary N) is 1. The lowest BCUT2D eigenvalue weighted by molar-refractivity contribution is -0.137. The second-order valence-electron chi connectivity index (χ2n) is 2.12. The quantitative estimate of drug-likeness (QED) is 0.502. The lowest BCUT2D eigenvalue weighted by Crippen LogP contribution is -2.02. The molecule has 0 atom stereocenters. The van der Waals surface area contributed by atoms with Crippen molar-refractivity contribution < 1.29 is 14.3 Å². The summed E-state index contributed by atoms with van der Waals surface area (Å²) < 4.78 is 4.61. The standard InChI is InChI=1S/C7H8N2O3S/c1-2-12-5(10)3-4-6(11)9-7(8)13-4/h3H,2H2,1H3,(H2,8,9,11). The van der Waals surface area contributed by atoms with E-state index in [-0.39, 0.29) is 16.7 Å². The van der Waals surface area contributed by atoms with Crippen molar-refractivity contribution in [3.8, 4) is 0 Å². The largest absolute Gasteiger partial charge is 0.463 e. The Morgan fingerprint density at radius 3 is 2.92 bits per heavy atom. The topological polar surface area (TPSA) is 81.8 Å². The van der Waals surface area contributed by atoms with Crippen LogP contribution in [-0.2, 0) is 14.3 Å². The Morgan fingerprint density at radius 2 is 2.46 bits per heavy atom. The number of esters is 1. The van der Waals surface area contributed by atoms with Gasteiger partial charge in [0.15, 0.2) is 5.17 Å². The minimum atomic E-state index is -0.553. The van der Waals surface area contributed by atoms with E-state index in [0.29, 0.717) is 0 Å². The van der Waals surface area contributed by atoms with Crippen molar-refractivity contribution >= 4 is 28.8 Å². The van der Waals surface area contributed by atoms with Gasteiger partial charge in [0.1, 0.15) is 0 Å². The molecule has 0 radical (unpaired) electrons. The number of carbonyl (C=O) groups excluding carboxylic acids is 2. The highest BCUT2D eigenvalue weighted by atomic mass is 32.2. The van der Waals surface area contributed by atoms with Crippen LogP contribution in [-0.4, -0.2) is 23.7 Å². The van der Waals surface area contributed by atoms with Crippen molar-refractivity contribution in [2.45, 2.75) is 6.92 Å². The summed E-state index contributed by atoms with van der Waals surface area (Å²) in [4.78, 5) is 25.5. The first kappa shape index (κ1) is 9.79. The molecule has 6 heteroatoms. The SMILES string of the molecule is CCOC(=O)C=C1SC(N)=NC1=O. The second-order valence-corrected chi connectivity index (χ2v) is 3.18. The van der Waals surface area contributed by atoms with Gasteiger partial charge in [0.05, 0.1) is 11.5 Å². The number of thioether (sulfide) groups is 1. The number of ether oxygens (including phenoxy) is 1. The summed E-state index contributed by atoms with van der Waals surface area (Å²) in [5.41, 5.74) is 5.26. The Hall–Kier alpha value is -1.30. The van der Waals surface area contributed by atoms with Crippen LogP contribution in [0.3, 0.4) is 0 Å². The van der Waals surface area contributed by atoms with Gasteiger partial charge in [-0.25, -0.2) is 4.79 Å². The van der Waals surface area contributed by atoms with Crippen LogP contribution in [0.2, 0.25) is 0 Å². The van der Waals surface area contributed by atoms with E-state index in [0.717, 1.165) is 17.8 Å².